The molecule has 0 saturated carbocycles. The monoisotopic (exact) mass is 494 g/mol. The highest BCUT2D eigenvalue weighted by molar-refractivity contribution is 6.31. The molecule has 1 atom stereocenters. The summed E-state index contributed by atoms with van der Waals surface area (Å²) in [6, 6.07) is 10.4. The van der Waals surface area contributed by atoms with E-state index in [0.717, 1.165) is 38.4 Å². The van der Waals surface area contributed by atoms with Crippen molar-refractivity contribution in [3.63, 3.8) is 0 Å². The Kier molecular flexibility index (Phi) is 7.66. The van der Waals surface area contributed by atoms with Gasteiger partial charge in [0.05, 0.1) is 23.3 Å². The maximum absolute atomic E-state index is 12.7. The number of hydrogen-bond donors (Lipinski definition) is 3. The number of aliphatic hydroxyl groups is 1. The first-order chi connectivity index (χ1) is 16.9. The highest BCUT2D eigenvalue weighted by Crippen LogP contribution is 2.28. The zero-order valence-corrected chi connectivity index (χ0v) is 20.2. The van der Waals surface area contributed by atoms with Gasteiger partial charge in [0.25, 0.3) is 5.91 Å². The number of pyridine rings is 2. The van der Waals surface area contributed by atoms with E-state index in [1.807, 2.05) is 19.2 Å². The van der Waals surface area contributed by atoms with Crippen LogP contribution >= 0.6 is 11.6 Å². The van der Waals surface area contributed by atoms with Gasteiger partial charge in [0.15, 0.2) is 11.4 Å². The topological polar surface area (TPSA) is 126 Å². The van der Waals surface area contributed by atoms with E-state index in [9.17, 15) is 15.0 Å². The number of aromatic nitrogens is 2. The molecule has 0 aliphatic carbocycles. The molecule has 1 amide bonds. The molecule has 1 aromatic carbocycles. The Balaban J connectivity index is 1.50. The summed E-state index contributed by atoms with van der Waals surface area (Å²) in [6.07, 6.45) is 2.33. The van der Waals surface area contributed by atoms with Crippen molar-refractivity contribution in [2.45, 2.75) is 13.0 Å². The summed E-state index contributed by atoms with van der Waals surface area (Å²) in [6.45, 7) is 3.57. The van der Waals surface area contributed by atoms with Gasteiger partial charge in [0.2, 0.25) is 0 Å². The Labute approximate surface area is 208 Å². The molecule has 35 heavy (non-hydrogen) atoms. The Morgan fingerprint density at radius 3 is 2.86 bits per heavy atom. The van der Waals surface area contributed by atoms with Crippen molar-refractivity contribution in [1.82, 2.24) is 20.2 Å². The van der Waals surface area contributed by atoms with Crippen LogP contribution in [0.5, 0.6) is 5.75 Å². The first-order valence-electron chi connectivity index (χ1n) is 11.4. The van der Waals surface area contributed by atoms with Crippen LogP contribution in [0.2, 0.25) is 5.02 Å². The second-order valence-corrected chi connectivity index (χ2v) is 9.15. The average Bonchev–Trinajstić information content (AvgIpc) is 2.85. The van der Waals surface area contributed by atoms with Crippen molar-refractivity contribution in [3.05, 3.63) is 58.4 Å². The molecule has 1 aliphatic rings. The molecule has 182 valence electrons. The minimum atomic E-state index is -0.546. The number of nitrogens with zero attached hydrogens (tertiary/aromatic N) is 5. The number of benzene rings is 1. The summed E-state index contributed by atoms with van der Waals surface area (Å²) in [5.74, 6) is 0.195. The van der Waals surface area contributed by atoms with Gasteiger partial charge in [-0.1, -0.05) is 17.7 Å². The molecular formula is C25H27ClN6O3. The molecule has 9 nitrogen and oxygen atoms in total. The van der Waals surface area contributed by atoms with E-state index in [2.05, 4.69) is 25.1 Å². The molecule has 10 heteroatoms. The Morgan fingerprint density at radius 1 is 1.29 bits per heavy atom. The minimum absolute atomic E-state index is 0.101. The number of aliphatic hydroxyl groups excluding tert-OH is 1. The summed E-state index contributed by atoms with van der Waals surface area (Å²) in [7, 11) is 2.05. The molecule has 3 N–H and O–H groups in total. The number of likely N-dealkylation sites (N-methyl/N-ethyl adjacent to an activating group) is 1. The number of carbonyl (C=O) groups is 1. The van der Waals surface area contributed by atoms with Crippen molar-refractivity contribution in [2.24, 2.45) is 5.92 Å². The Morgan fingerprint density at radius 2 is 2.11 bits per heavy atom. The second-order valence-electron chi connectivity index (χ2n) is 8.74. The van der Waals surface area contributed by atoms with E-state index >= 15 is 0 Å². The van der Waals surface area contributed by atoms with Crippen LogP contribution < -0.4 is 10.2 Å². The lowest BCUT2D eigenvalue weighted by Crippen LogP contribution is -2.41. The van der Waals surface area contributed by atoms with Gasteiger partial charge in [-0.15, -0.1) is 0 Å². The number of nitrogens with one attached hydrogen (secondary N) is 1. The van der Waals surface area contributed by atoms with Gasteiger partial charge in [-0.2, -0.15) is 5.26 Å². The fourth-order valence-electron chi connectivity index (χ4n) is 4.18. The van der Waals surface area contributed by atoms with E-state index in [1.165, 1.54) is 12.3 Å². The quantitative estimate of drug-likeness (QED) is 0.494. The molecule has 0 radical (unpaired) electrons. The lowest BCUT2D eigenvalue weighted by molar-refractivity contribution is 0.0943. The van der Waals surface area contributed by atoms with Gasteiger partial charge in [-0.05, 0) is 49.2 Å². The number of hydrogen-bond acceptors (Lipinski definition) is 8. The SMILES string of the molecule is CN1CCN(c2ccc3c(O)c(C(=O)NCc4ccc(C#N)cc4Cl)ncc3n2)CC[C@H](CO)C1. The zero-order valence-electron chi connectivity index (χ0n) is 19.4. The maximum Gasteiger partial charge on any atom is 0.274 e. The van der Waals surface area contributed by atoms with E-state index in [0.29, 0.717) is 27.1 Å². The van der Waals surface area contributed by atoms with E-state index < -0.39 is 5.91 Å². The van der Waals surface area contributed by atoms with Crippen LogP contribution in [0.4, 0.5) is 5.82 Å². The number of carbonyl (C=O) groups excluding carboxylic acids is 1. The molecule has 1 fully saturated rings. The van der Waals surface area contributed by atoms with Crippen LogP contribution in [0.3, 0.4) is 0 Å². The predicted molar refractivity (Wildman–Crippen MR) is 133 cm³/mol. The molecule has 4 rings (SSSR count). The van der Waals surface area contributed by atoms with Crippen molar-refractivity contribution in [1.29, 1.82) is 5.26 Å². The van der Waals surface area contributed by atoms with Crippen LogP contribution in [-0.2, 0) is 6.54 Å². The highest BCUT2D eigenvalue weighted by Gasteiger charge is 2.21. The maximum atomic E-state index is 12.7. The first kappa shape index (κ1) is 24.7. The number of amides is 1. The molecule has 3 aromatic rings. The van der Waals surface area contributed by atoms with Gasteiger partial charge < -0.3 is 25.3 Å². The average molecular weight is 495 g/mol. The Hall–Kier alpha value is -3.45. The number of nitriles is 1. The molecule has 1 saturated heterocycles. The predicted octanol–water partition coefficient (Wildman–Crippen LogP) is 2.54. The number of rotatable bonds is 5. The van der Waals surface area contributed by atoms with E-state index in [4.69, 9.17) is 16.9 Å². The minimum Gasteiger partial charge on any atom is -0.505 e. The smallest absolute Gasteiger partial charge is 0.274 e. The van der Waals surface area contributed by atoms with Crippen molar-refractivity contribution >= 4 is 34.2 Å². The van der Waals surface area contributed by atoms with Gasteiger partial charge in [-0.3, -0.25) is 4.79 Å². The molecular weight excluding hydrogens is 468 g/mol. The fraction of sp³-hybridized carbons (Fsp3) is 0.360. The lowest BCUT2D eigenvalue weighted by Gasteiger charge is -2.33. The third-order valence-electron chi connectivity index (χ3n) is 6.25. The summed E-state index contributed by atoms with van der Waals surface area (Å²) < 4.78 is 0. The second kappa shape index (κ2) is 10.9. The summed E-state index contributed by atoms with van der Waals surface area (Å²) >= 11 is 6.17. The van der Waals surface area contributed by atoms with E-state index in [-0.39, 0.29) is 30.5 Å². The van der Waals surface area contributed by atoms with Crippen LogP contribution in [0.25, 0.3) is 10.9 Å². The molecule has 1 aliphatic heterocycles. The third-order valence-corrected chi connectivity index (χ3v) is 6.60. The molecule has 3 heterocycles. The number of fused-ring (bicyclic) bond motifs is 1. The standard InChI is InChI=1S/C25H27ClN6O3/c1-31-8-9-32(7-6-17(14-31)15-33)22-5-4-19-21(30-22)13-28-23(24(19)34)25(35)29-12-18-3-2-16(11-27)10-20(18)26/h2-5,10,13,17,33-34H,6-9,12,14-15H2,1H3,(H,29,35)/t17-/m0/s1. The number of anilines is 1. The van der Waals surface area contributed by atoms with E-state index in [1.54, 1.807) is 18.2 Å². The molecule has 0 spiro atoms. The third kappa shape index (κ3) is 5.62. The summed E-state index contributed by atoms with van der Waals surface area (Å²) in [5, 5.41) is 32.8. The van der Waals surface area contributed by atoms with Crippen molar-refractivity contribution in [3.8, 4) is 11.8 Å². The van der Waals surface area contributed by atoms with Crippen LogP contribution in [-0.4, -0.2) is 70.8 Å². The van der Waals surface area contributed by atoms with Gasteiger partial charge in [0.1, 0.15) is 5.82 Å². The highest BCUT2D eigenvalue weighted by atomic mass is 35.5. The normalized spacial score (nSPS) is 17.0. The van der Waals surface area contributed by atoms with Crippen LogP contribution in [0.15, 0.2) is 36.5 Å². The largest absolute Gasteiger partial charge is 0.505 e. The van der Waals surface area contributed by atoms with Gasteiger partial charge in [-0.25, -0.2) is 9.97 Å². The van der Waals surface area contributed by atoms with Gasteiger partial charge >= 0.3 is 0 Å². The van der Waals surface area contributed by atoms with Gasteiger partial charge in [0, 0.05) is 49.7 Å². The van der Waals surface area contributed by atoms with Crippen molar-refractivity contribution < 1.29 is 15.0 Å². The fourth-order valence-corrected chi connectivity index (χ4v) is 4.43. The number of aromatic hydroxyl groups is 1. The zero-order chi connectivity index (χ0) is 24.9. The van der Waals surface area contributed by atoms with Crippen LogP contribution in [0, 0.1) is 17.2 Å². The first-order valence-corrected chi connectivity index (χ1v) is 11.8. The summed E-state index contributed by atoms with van der Waals surface area (Å²) in [4.78, 5) is 25.9. The van der Waals surface area contributed by atoms with Crippen LogP contribution in [0.1, 0.15) is 28.0 Å². The molecule has 0 bridgehead atoms. The molecule has 2 aromatic heterocycles. The Bertz CT molecular complexity index is 1280. The number of halogens is 1. The summed E-state index contributed by atoms with van der Waals surface area (Å²) in [5.41, 5.74) is 1.46. The lowest BCUT2D eigenvalue weighted by atomic mass is 10.0. The molecule has 0 unspecified atom stereocenters. The van der Waals surface area contributed by atoms with Crippen molar-refractivity contribution in [2.75, 3.05) is 44.7 Å².